The summed E-state index contributed by atoms with van der Waals surface area (Å²) in [6.45, 7) is 8.08. The molecule has 2 heterocycles. The van der Waals surface area contributed by atoms with Gasteiger partial charge in [0.05, 0.1) is 18.2 Å². The van der Waals surface area contributed by atoms with E-state index in [0.29, 0.717) is 40.8 Å². The van der Waals surface area contributed by atoms with Crippen molar-refractivity contribution >= 4 is 33.9 Å². The summed E-state index contributed by atoms with van der Waals surface area (Å²) < 4.78 is 11.1. The minimum atomic E-state index is -0.911. The van der Waals surface area contributed by atoms with E-state index >= 15 is 0 Å². The maximum Gasteiger partial charge on any atom is 0.301 e. The number of anilines is 1. The molecular formula is C25H23N3O5S. The first-order chi connectivity index (χ1) is 16.4. The molecule has 2 aromatic carbocycles. The quantitative estimate of drug-likeness (QED) is 0.222. The molecule has 174 valence electrons. The molecule has 1 aliphatic heterocycles. The molecular weight excluding hydrogens is 454 g/mol. The van der Waals surface area contributed by atoms with Crippen LogP contribution in [-0.4, -0.2) is 40.2 Å². The summed E-state index contributed by atoms with van der Waals surface area (Å²) in [6, 6.07) is 12.8. The normalized spacial score (nSPS) is 17.1. The largest absolute Gasteiger partial charge is 0.507 e. The van der Waals surface area contributed by atoms with Crippen LogP contribution in [0.15, 0.2) is 66.8 Å². The number of aryl methyl sites for hydroxylation is 1. The molecule has 9 heteroatoms. The fraction of sp³-hybridized carbons (Fsp3) is 0.200. The fourth-order valence-electron chi connectivity index (χ4n) is 3.69. The van der Waals surface area contributed by atoms with Gasteiger partial charge in [0.2, 0.25) is 5.13 Å². The maximum absolute atomic E-state index is 13.2. The second-order valence-electron chi connectivity index (χ2n) is 7.40. The Morgan fingerprint density at radius 3 is 2.56 bits per heavy atom. The molecule has 1 aliphatic rings. The van der Waals surface area contributed by atoms with E-state index in [1.54, 1.807) is 61.5 Å². The van der Waals surface area contributed by atoms with Crippen molar-refractivity contribution in [2.45, 2.75) is 19.9 Å². The smallest absolute Gasteiger partial charge is 0.301 e. The van der Waals surface area contributed by atoms with E-state index in [9.17, 15) is 14.7 Å². The molecule has 1 aromatic heterocycles. The number of carbonyl (C=O) groups excluding carboxylic acids is 2. The summed E-state index contributed by atoms with van der Waals surface area (Å²) in [5, 5.41) is 20.2. The molecule has 1 fully saturated rings. The van der Waals surface area contributed by atoms with E-state index in [4.69, 9.17) is 9.47 Å². The molecule has 0 bridgehead atoms. The van der Waals surface area contributed by atoms with Gasteiger partial charge in [-0.05, 0) is 55.8 Å². The molecule has 0 radical (unpaired) electrons. The summed E-state index contributed by atoms with van der Waals surface area (Å²) in [6.07, 6.45) is 1.62. The molecule has 1 saturated heterocycles. The van der Waals surface area contributed by atoms with Crippen LogP contribution in [0.4, 0.5) is 5.13 Å². The predicted octanol–water partition coefficient (Wildman–Crippen LogP) is 4.44. The standard InChI is InChI=1S/C25H23N3O5S/c1-4-13-33-19-8-6-7-17(14-19)21-20(22(29)16-9-11-18(12-10-16)32-5-2)23(30)24(31)28(21)25-27-26-15(3)34-25/h4,6-12,14,21,29H,1,5,13H2,2-3H3. The lowest BCUT2D eigenvalue weighted by Gasteiger charge is -2.23. The molecule has 34 heavy (non-hydrogen) atoms. The first-order valence-corrected chi connectivity index (χ1v) is 11.4. The minimum absolute atomic E-state index is 0.0390. The highest BCUT2D eigenvalue weighted by Crippen LogP contribution is 2.43. The first kappa shape index (κ1) is 23.2. The Hall–Kier alpha value is -3.98. The highest BCUT2D eigenvalue weighted by Gasteiger charge is 2.48. The van der Waals surface area contributed by atoms with Crippen molar-refractivity contribution in [3.8, 4) is 11.5 Å². The van der Waals surface area contributed by atoms with Crippen molar-refractivity contribution in [2.75, 3.05) is 18.1 Å². The van der Waals surface area contributed by atoms with Crippen LogP contribution in [0.5, 0.6) is 11.5 Å². The third-order valence-corrected chi connectivity index (χ3v) is 5.98. The van der Waals surface area contributed by atoms with E-state index in [2.05, 4.69) is 16.8 Å². The molecule has 1 atom stereocenters. The topological polar surface area (TPSA) is 102 Å². The number of Topliss-reactive ketones (excluding diaryl/α,β-unsaturated/α-hetero) is 1. The first-order valence-electron chi connectivity index (χ1n) is 10.6. The monoisotopic (exact) mass is 477 g/mol. The van der Waals surface area contributed by atoms with E-state index in [1.165, 1.54) is 16.2 Å². The van der Waals surface area contributed by atoms with Crippen LogP contribution in [-0.2, 0) is 9.59 Å². The summed E-state index contributed by atoms with van der Waals surface area (Å²) in [7, 11) is 0. The van der Waals surface area contributed by atoms with Gasteiger partial charge in [0.1, 0.15) is 28.9 Å². The van der Waals surface area contributed by atoms with Gasteiger partial charge in [-0.2, -0.15) is 0 Å². The second kappa shape index (κ2) is 9.88. The number of aliphatic hydroxyl groups is 1. The lowest BCUT2D eigenvalue weighted by molar-refractivity contribution is -0.132. The van der Waals surface area contributed by atoms with E-state index < -0.39 is 17.7 Å². The van der Waals surface area contributed by atoms with Crippen LogP contribution in [0, 0.1) is 6.92 Å². The predicted molar refractivity (Wildman–Crippen MR) is 129 cm³/mol. The molecule has 4 rings (SSSR count). The molecule has 1 unspecified atom stereocenters. The number of ketones is 1. The number of hydrogen-bond donors (Lipinski definition) is 1. The average Bonchev–Trinajstić information content (AvgIpc) is 3.38. The highest BCUT2D eigenvalue weighted by molar-refractivity contribution is 7.15. The van der Waals surface area contributed by atoms with Crippen molar-refractivity contribution in [1.29, 1.82) is 0 Å². The van der Waals surface area contributed by atoms with Crippen molar-refractivity contribution in [1.82, 2.24) is 10.2 Å². The Kier molecular flexibility index (Phi) is 6.74. The molecule has 0 spiro atoms. The number of aromatic nitrogens is 2. The number of nitrogens with zero attached hydrogens (tertiary/aromatic N) is 3. The fourth-order valence-corrected chi connectivity index (χ4v) is 4.40. The average molecular weight is 478 g/mol. The summed E-state index contributed by atoms with van der Waals surface area (Å²) in [5.74, 6) is -0.704. The molecule has 0 aliphatic carbocycles. The number of hydrogen-bond acceptors (Lipinski definition) is 8. The maximum atomic E-state index is 13.2. The van der Waals surface area contributed by atoms with Crippen molar-refractivity contribution in [3.05, 3.63) is 82.9 Å². The van der Waals surface area contributed by atoms with Crippen molar-refractivity contribution in [2.24, 2.45) is 0 Å². The van der Waals surface area contributed by atoms with Gasteiger partial charge in [-0.3, -0.25) is 14.5 Å². The van der Waals surface area contributed by atoms with E-state index in [-0.39, 0.29) is 16.5 Å². The van der Waals surface area contributed by atoms with Gasteiger partial charge in [0, 0.05) is 5.56 Å². The van der Waals surface area contributed by atoms with Gasteiger partial charge >= 0.3 is 5.91 Å². The zero-order chi connectivity index (χ0) is 24.2. The molecule has 3 aromatic rings. The van der Waals surface area contributed by atoms with Crippen molar-refractivity contribution in [3.63, 3.8) is 0 Å². The Morgan fingerprint density at radius 1 is 1.15 bits per heavy atom. The molecule has 1 amide bonds. The van der Waals surface area contributed by atoms with Gasteiger partial charge < -0.3 is 14.6 Å². The van der Waals surface area contributed by atoms with Crippen LogP contribution >= 0.6 is 11.3 Å². The third kappa shape index (κ3) is 4.42. The van der Waals surface area contributed by atoms with Crippen LogP contribution < -0.4 is 14.4 Å². The number of ether oxygens (including phenoxy) is 2. The van der Waals surface area contributed by atoms with Crippen LogP contribution in [0.25, 0.3) is 5.76 Å². The van der Waals surface area contributed by atoms with Gasteiger partial charge in [0.25, 0.3) is 5.78 Å². The number of amides is 1. The van der Waals surface area contributed by atoms with Crippen LogP contribution in [0.3, 0.4) is 0 Å². The van der Waals surface area contributed by atoms with Gasteiger partial charge in [-0.1, -0.05) is 36.1 Å². The Balaban J connectivity index is 1.86. The number of rotatable bonds is 8. The molecule has 8 nitrogen and oxygen atoms in total. The van der Waals surface area contributed by atoms with Gasteiger partial charge in [-0.25, -0.2) is 0 Å². The number of benzene rings is 2. The number of aliphatic hydroxyl groups excluding tert-OH is 1. The van der Waals surface area contributed by atoms with Crippen LogP contribution in [0.2, 0.25) is 0 Å². The van der Waals surface area contributed by atoms with Gasteiger partial charge in [-0.15, -0.1) is 10.2 Å². The zero-order valence-electron chi connectivity index (χ0n) is 18.7. The lowest BCUT2D eigenvalue weighted by atomic mass is 9.95. The zero-order valence-corrected chi connectivity index (χ0v) is 19.5. The molecule has 1 N–H and O–H groups in total. The van der Waals surface area contributed by atoms with Crippen LogP contribution in [0.1, 0.15) is 29.1 Å². The number of carbonyl (C=O) groups is 2. The van der Waals surface area contributed by atoms with E-state index in [0.717, 1.165) is 0 Å². The second-order valence-corrected chi connectivity index (χ2v) is 8.56. The Labute approximate surface area is 200 Å². The van der Waals surface area contributed by atoms with Gasteiger partial charge in [0.15, 0.2) is 0 Å². The Morgan fingerprint density at radius 2 is 1.91 bits per heavy atom. The summed E-state index contributed by atoms with van der Waals surface area (Å²) >= 11 is 1.19. The van der Waals surface area contributed by atoms with E-state index in [1.807, 2.05) is 6.92 Å². The minimum Gasteiger partial charge on any atom is -0.507 e. The lowest BCUT2D eigenvalue weighted by Crippen LogP contribution is -2.29. The Bertz CT molecular complexity index is 1270. The third-order valence-electron chi connectivity index (χ3n) is 5.15. The summed E-state index contributed by atoms with van der Waals surface area (Å²) in [4.78, 5) is 27.6. The van der Waals surface area contributed by atoms with Crippen molar-refractivity contribution < 1.29 is 24.2 Å². The highest BCUT2D eigenvalue weighted by atomic mass is 32.1. The molecule has 0 saturated carbocycles. The SMILES string of the molecule is C=CCOc1cccc(C2C(=C(O)c3ccc(OCC)cc3)C(=O)C(=O)N2c2nnc(C)s2)c1. The summed E-state index contributed by atoms with van der Waals surface area (Å²) in [5.41, 5.74) is 0.933.